The normalized spacial score (nSPS) is 14.5. The summed E-state index contributed by atoms with van der Waals surface area (Å²) >= 11 is 0. The van der Waals surface area contributed by atoms with E-state index in [2.05, 4.69) is 9.71 Å². The highest BCUT2D eigenvalue weighted by molar-refractivity contribution is 7.90. The fourth-order valence-electron chi connectivity index (χ4n) is 3.95. The van der Waals surface area contributed by atoms with Gasteiger partial charge in [0.1, 0.15) is 0 Å². The number of allylic oxidation sites excluding steroid dienone is 2. The van der Waals surface area contributed by atoms with Crippen molar-refractivity contribution < 1.29 is 18.0 Å². The number of benzene rings is 4. The lowest BCUT2D eigenvalue weighted by Gasteiger charge is -2.19. The van der Waals surface area contributed by atoms with Crippen LogP contribution >= 0.6 is 0 Å². The first-order chi connectivity index (χ1) is 16.8. The molecule has 35 heavy (non-hydrogen) atoms. The van der Waals surface area contributed by atoms with Crippen LogP contribution in [0.25, 0.3) is 10.8 Å². The smallest absolute Gasteiger partial charge is 0.282 e. The van der Waals surface area contributed by atoms with Crippen LogP contribution in [0.4, 0.5) is 5.69 Å². The number of rotatable bonds is 5. The van der Waals surface area contributed by atoms with Gasteiger partial charge in [-0.15, -0.1) is 0 Å². The average Bonchev–Trinajstić information content (AvgIpc) is 2.86. The molecule has 7 heteroatoms. The molecule has 4 aromatic rings. The van der Waals surface area contributed by atoms with Gasteiger partial charge in [-0.1, -0.05) is 54.6 Å². The van der Waals surface area contributed by atoms with Gasteiger partial charge in [-0.05, 0) is 60.2 Å². The number of sulfonamides is 1. The Morgan fingerprint density at radius 2 is 1.46 bits per heavy atom. The van der Waals surface area contributed by atoms with E-state index in [0.717, 1.165) is 10.8 Å². The minimum Gasteiger partial charge on any atom is -0.352 e. The van der Waals surface area contributed by atoms with Crippen molar-refractivity contribution in [2.24, 2.45) is 4.40 Å². The summed E-state index contributed by atoms with van der Waals surface area (Å²) in [5.41, 5.74) is 2.28. The van der Waals surface area contributed by atoms with Crippen LogP contribution in [0.1, 0.15) is 33.2 Å². The number of anilines is 1. The predicted molar refractivity (Wildman–Crippen MR) is 137 cm³/mol. The monoisotopic (exact) mass is 480 g/mol. The number of hydrogen-bond acceptors (Lipinski definition) is 5. The molecule has 0 saturated heterocycles. The Morgan fingerprint density at radius 1 is 0.800 bits per heavy atom. The van der Waals surface area contributed by atoms with Crippen molar-refractivity contribution in [3.8, 4) is 0 Å². The first kappa shape index (κ1) is 22.4. The van der Waals surface area contributed by atoms with Gasteiger partial charge in [0, 0.05) is 22.4 Å². The Bertz CT molecular complexity index is 1670. The molecule has 0 unspecified atom stereocenters. The molecule has 0 amide bonds. The highest BCUT2D eigenvalue weighted by Gasteiger charge is 2.26. The minimum atomic E-state index is -4.06. The van der Waals surface area contributed by atoms with Crippen LogP contribution in [0, 0.1) is 0 Å². The number of hydrogen-bond donors (Lipinski definition) is 1. The summed E-state index contributed by atoms with van der Waals surface area (Å²) in [5, 5.41) is 4.76. The summed E-state index contributed by atoms with van der Waals surface area (Å²) in [7, 11) is -4.06. The molecule has 172 valence electrons. The summed E-state index contributed by atoms with van der Waals surface area (Å²) in [6, 6.07) is 25.8. The molecular weight excluding hydrogens is 460 g/mol. The molecule has 0 atom stereocenters. The van der Waals surface area contributed by atoms with Gasteiger partial charge in [-0.3, -0.25) is 9.59 Å². The molecule has 0 aromatic heterocycles. The van der Waals surface area contributed by atoms with Crippen LogP contribution in [0.3, 0.4) is 0 Å². The molecule has 1 aliphatic carbocycles. The third-order valence-electron chi connectivity index (χ3n) is 5.78. The van der Waals surface area contributed by atoms with Crippen molar-refractivity contribution in [2.45, 2.75) is 11.8 Å². The zero-order valence-electron chi connectivity index (χ0n) is 18.7. The summed E-state index contributed by atoms with van der Waals surface area (Å²) in [6.07, 6.45) is 1.45. The van der Waals surface area contributed by atoms with E-state index in [4.69, 9.17) is 0 Å². The first-order valence-corrected chi connectivity index (χ1v) is 12.3. The fourth-order valence-corrected chi connectivity index (χ4v) is 4.98. The first-order valence-electron chi connectivity index (χ1n) is 10.9. The molecule has 1 aliphatic rings. The Balaban J connectivity index is 1.57. The molecule has 0 radical (unpaired) electrons. The van der Waals surface area contributed by atoms with Gasteiger partial charge in [0.2, 0.25) is 5.78 Å². The molecule has 0 aliphatic heterocycles. The van der Waals surface area contributed by atoms with Crippen LogP contribution in [-0.2, 0) is 10.0 Å². The van der Waals surface area contributed by atoms with Crippen molar-refractivity contribution in [1.82, 2.24) is 0 Å². The highest BCUT2D eigenvalue weighted by Crippen LogP contribution is 2.26. The Labute approximate surface area is 202 Å². The van der Waals surface area contributed by atoms with Crippen LogP contribution in [0.2, 0.25) is 0 Å². The van der Waals surface area contributed by atoms with E-state index in [1.807, 2.05) is 24.3 Å². The maximum Gasteiger partial charge on any atom is 0.282 e. The Morgan fingerprint density at radius 3 is 2.17 bits per heavy atom. The Hall–Kier alpha value is -4.36. The van der Waals surface area contributed by atoms with Crippen LogP contribution in [0.15, 0.2) is 112 Å². The summed E-state index contributed by atoms with van der Waals surface area (Å²) in [4.78, 5) is 24.7. The van der Waals surface area contributed by atoms with Crippen LogP contribution in [-0.4, -0.2) is 25.7 Å². The van der Waals surface area contributed by atoms with E-state index >= 15 is 0 Å². The van der Waals surface area contributed by atoms with Gasteiger partial charge < -0.3 is 5.32 Å². The number of nitrogens with one attached hydrogen (secondary N) is 1. The summed E-state index contributed by atoms with van der Waals surface area (Å²) in [5.74, 6) is -0.343. The van der Waals surface area contributed by atoms with Crippen molar-refractivity contribution in [2.75, 3.05) is 5.32 Å². The quantitative estimate of drug-likeness (QED) is 0.386. The lowest BCUT2D eigenvalue weighted by atomic mass is 9.92. The molecule has 1 N–H and O–H groups in total. The average molecular weight is 481 g/mol. The van der Waals surface area contributed by atoms with Gasteiger partial charge in [-0.25, -0.2) is 0 Å². The number of carbonyl (C=O) groups excluding carboxylic acids is 2. The summed E-state index contributed by atoms with van der Waals surface area (Å²) < 4.78 is 30.6. The third kappa shape index (κ3) is 4.41. The van der Waals surface area contributed by atoms with E-state index in [1.165, 1.54) is 19.1 Å². The van der Waals surface area contributed by atoms with Crippen molar-refractivity contribution >= 4 is 43.8 Å². The fraction of sp³-hybridized carbons (Fsp3) is 0.0357. The second-order valence-electron chi connectivity index (χ2n) is 8.15. The van der Waals surface area contributed by atoms with Gasteiger partial charge in [0.05, 0.1) is 16.3 Å². The zero-order valence-corrected chi connectivity index (χ0v) is 19.5. The third-order valence-corrected chi connectivity index (χ3v) is 7.07. The number of carbonyl (C=O) groups is 2. The van der Waals surface area contributed by atoms with E-state index in [0.29, 0.717) is 22.4 Å². The van der Waals surface area contributed by atoms with Crippen molar-refractivity contribution in [3.05, 3.63) is 119 Å². The molecule has 0 heterocycles. The van der Waals surface area contributed by atoms with E-state index in [1.54, 1.807) is 60.7 Å². The van der Waals surface area contributed by atoms with Crippen LogP contribution < -0.4 is 5.32 Å². The largest absolute Gasteiger partial charge is 0.352 e. The summed E-state index contributed by atoms with van der Waals surface area (Å²) in [6.45, 7) is 1.48. The standard InChI is InChI=1S/C28H20N2O4S/c1-18(31)19-10-13-22(14-11-19)29-27-17-26(24-8-4-5-9-25(24)28(27)32)30-35(33,34)23-15-12-20-6-2-3-7-21(20)16-23/h2-17,29H,1H3/b30-26+. The molecule has 4 aromatic carbocycles. The maximum absolute atomic E-state index is 13.2. The van der Waals surface area contributed by atoms with Gasteiger partial charge in [-0.2, -0.15) is 12.8 Å². The van der Waals surface area contributed by atoms with Crippen molar-refractivity contribution in [1.29, 1.82) is 0 Å². The second-order valence-corrected chi connectivity index (χ2v) is 9.76. The van der Waals surface area contributed by atoms with E-state index in [-0.39, 0.29) is 27.9 Å². The lowest BCUT2D eigenvalue weighted by Crippen LogP contribution is -2.22. The second kappa shape index (κ2) is 8.77. The van der Waals surface area contributed by atoms with E-state index < -0.39 is 10.0 Å². The van der Waals surface area contributed by atoms with Crippen LogP contribution in [0.5, 0.6) is 0 Å². The zero-order chi connectivity index (χ0) is 24.6. The van der Waals surface area contributed by atoms with Gasteiger partial charge in [0.25, 0.3) is 10.0 Å². The SMILES string of the molecule is CC(=O)c1ccc(NC2=C/C(=N\S(=O)(=O)c3ccc4ccccc4c3)c3ccccc3C2=O)cc1. The minimum absolute atomic E-state index is 0.0632. The lowest BCUT2D eigenvalue weighted by molar-refractivity contribution is 0.101. The topological polar surface area (TPSA) is 92.7 Å². The Kier molecular flexibility index (Phi) is 5.62. The molecular formula is C28H20N2O4S. The van der Waals surface area contributed by atoms with Crippen molar-refractivity contribution in [3.63, 3.8) is 0 Å². The van der Waals surface area contributed by atoms with Gasteiger partial charge in [0.15, 0.2) is 5.78 Å². The predicted octanol–water partition coefficient (Wildman–Crippen LogP) is 5.41. The molecule has 5 rings (SSSR count). The number of nitrogens with zero attached hydrogens (tertiary/aromatic N) is 1. The number of Topliss-reactive ketones (excluding diaryl/α,β-unsaturated/α-hetero) is 2. The van der Waals surface area contributed by atoms with Gasteiger partial charge >= 0.3 is 0 Å². The molecule has 0 bridgehead atoms. The molecule has 0 spiro atoms. The number of fused-ring (bicyclic) bond motifs is 2. The molecule has 0 fully saturated rings. The molecule has 6 nitrogen and oxygen atoms in total. The maximum atomic E-state index is 13.2. The van der Waals surface area contributed by atoms with E-state index in [9.17, 15) is 18.0 Å². The highest BCUT2D eigenvalue weighted by atomic mass is 32.2. The number of ketones is 2. The molecule has 0 saturated carbocycles.